The molecule has 0 spiro atoms. The first-order chi connectivity index (χ1) is 9.34. The molecule has 1 aliphatic rings. The number of hydrogen-bond donors (Lipinski definition) is 1. The van der Waals surface area contributed by atoms with Gasteiger partial charge in [0.2, 0.25) is 0 Å². The molecular formula is C14H16N2O2S. The Morgan fingerprint density at radius 2 is 2.42 bits per heavy atom. The number of likely N-dealkylation sites (tertiary alicyclic amines) is 1. The maximum atomic E-state index is 12.2. The van der Waals surface area contributed by atoms with Gasteiger partial charge in [0.15, 0.2) is 0 Å². The van der Waals surface area contributed by atoms with Crippen LogP contribution in [0.2, 0.25) is 0 Å². The van der Waals surface area contributed by atoms with Gasteiger partial charge in [-0.15, -0.1) is 11.3 Å². The highest BCUT2D eigenvalue weighted by Crippen LogP contribution is 2.34. The van der Waals surface area contributed by atoms with E-state index in [0.29, 0.717) is 6.54 Å². The van der Waals surface area contributed by atoms with Gasteiger partial charge >= 0.3 is 6.03 Å². The third-order valence-electron chi connectivity index (χ3n) is 3.38. The Kier molecular flexibility index (Phi) is 3.55. The standard InChI is InChI=1S/C14H16N2O2S/c17-14(15-10-11-4-2-8-18-11)16-7-1-5-12(16)13-6-3-9-19-13/h2-4,6,8-9,12H,1,5,7,10H2,(H,15,17). The number of carbonyl (C=O) groups excluding carboxylic acids is 1. The second-order valence-electron chi connectivity index (χ2n) is 4.60. The molecule has 0 aliphatic carbocycles. The molecule has 2 amide bonds. The zero-order valence-electron chi connectivity index (χ0n) is 10.5. The summed E-state index contributed by atoms with van der Waals surface area (Å²) < 4.78 is 5.21. The summed E-state index contributed by atoms with van der Waals surface area (Å²) in [4.78, 5) is 15.4. The van der Waals surface area contributed by atoms with Crippen molar-refractivity contribution in [2.45, 2.75) is 25.4 Å². The summed E-state index contributed by atoms with van der Waals surface area (Å²) in [6.07, 6.45) is 3.73. The van der Waals surface area contributed by atoms with Crippen molar-refractivity contribution in [2.75, 3.05) is 6.54 Å². The molecule has 1 fully saturated rings. The lowest BCUT2D eigenvalue weighted by atomic mass is 10.2. The van der Waals surface area contributed by atoms with Gasteiger partial charge in [-0.05, 0) is 36.4 Å². The molecule has 1 N–H and O–H groups in total. The predicted molar refractivity (Wildman–Crippen MR) is 73.9 cm³/mol. The molecule has 1 unspecified atom stereocenters. The van der Waals surface area contributed by atoms with Crippen LogP contribution in [0.4, 0.5) is 4.79 Å². The Morgan fingerprint density at radius 1 is 1.47 bits per heavy atom. The van der Waals surface area contributed by atoms with E-state index in [2.05, 4.69) is 16.8 Å². The SMILES string of the molecule is O=C(NCc1ccco1)N1CCCC1c1cccs1. The van der Waals surface area contributed by atoms with E-state index >= 15 is 0 Å². The lowest BCUT2D eigenvalue weighted by Crippen LogP contribution is -2.38. The van der Waals surface area contributed by atoms with Crippen LogP contribution in [0.15, 0.2) is 40.3 Å². The Balaban J connectivity index is 1.62. The van der Waals surface area contributed by atoms with Crippen molar-refractivity contribution in [1.29, 1.82) is 0 Å². The van der Waals surface area contributed by atoms with Crippen molar-refractivity contribution >= 4 is 17.4 Å². The van der Waals surface area contributed by atoms with Crippen LogP contribution in [0, 0.1) is 0 Å². The molecule has 0 saturated carbocycles. The van der Waals surface area contributed by atoms with E-state index in [9.17, 15) is 4.79 Å². The highest BCUT2D eigenvalue weighted by atomic mass is 32.1. The van der Waals surface area contributed by atoms with Crippen LogP contribution in [0.3, 0.4) is 0 Å². The van der Waals surface area contributed by atoms with Gasteiger partial charge in [0, 0.05) is 11.4 Å². The number of nitrogens with one attached hydrogen (secondary N) is 1. The van der Waals surface area contributed by atoms with E-state index in [-0.39, 0.29) is 12.1 Å². The van der Waals surface area contributed by atoms with E-state index in [1.807, 2.05) is 23.1 Å². The van der Waals surface area contributed by atoms with Gasteiger partial charge in [-0.3, -0.25) is 0 Å². The summed E-state index contributed by atoms with van der Waals surface area (Å²) in [6, 6.07) is 8.06. The number of furan rings is 1. The van der Waals surface area contributed by atoms with Crippen molar-refractivity contribution in [2.24, 2.45) is 0 Å². The number of urea groups is 1. The third kappa shape index (κ3) is 2.66. The lowest BCUT2D eigenvalue weighted by Gasteiger charge is -2.24. The van der Waals surface area contributed by atoms with Crippen LogP contribution >= 0.6 is 11.3 Å². The van der Waals surface area contributed by atoms with Gasteiger partial charge in [0.25, 0.3) is 0 Å². The molecule has 0 aromatic carbocycles. The maximum absolute atomic E-state index is 12.2. The fourth-order valence-corrected chi connectivity index (χ4v) is 3.34. The van der Waals surface area contributed by atoms with Crippen molar-refractivity contribution in [1.82, 2.24) is 10.2 Å². The molecule has 2 aromatic heterocycles. The van der Waals surface area contributed by atoms with Crippen LogP contribution in [0.25, 0.3) is 0 Å². The zero-order chi connectivity index (χ0) is 13.1. The van der Waals surface area contributed by atoms with Gasteiger partial charge in [0.1, 0.15) is 5.76 Å². The van der Waals surface area contributed by atoms with Gasteiger partial charge < -0.3 is 14.6 Å². The Bertz CT molecular complexity index is 522. The topological polar surface area (TPSA) is 45.5 Å². The summed E-state index contributed by atoms with van der Waals surface area (Å²) >= 11 is 1.72. The predicted octanol–water partition coefficient (Wildman–Crippen LogP) is 3.39. The number of carbonyl (C=O) groups is 1. The van der Waals surface area contributed by atoms with Crippen molar-refractivity contribution in [3.05, 3.63) is 46.5 Å². The average Bonchev–Trinajstić information content (AvgIpc) is 3.14. The van der Waals surface area contributed by atoms with Crippen molar-refractivity contribution < 1.29 is 9.21 Å². The van der Waals surface area contributed by atoms with E-state index in [0.717, 1.165) is 25.1 Å². The molecule has 0 radical (unpaired) electrons. The average molecular weight is 276 g/mol. The largest absolute Gasteiger partial charge is 0.467 e. The Labute approximate surface area is 116 Å². The molecule has 0 bridgehead atoms. The minimum Gasteiger partial charge on any atom is -0.467 e. The summed E-state index contributed by atoms with van der Waals surface area (Å²) in [7, 11) is 0. The molecule has 3 rings (SSSR count). The maximum Gasteiger partial charge on any atom is 0.318 e. The molecule has 19 heavy (non-hydrogen) atoms. The van der Waals surface area contributed by atoms with E-state index < -0.39 is 0 Å². The van der Waals surface area contributed by atoms with Crippen LogP contribution < -0.4 is 5.32 Å². The Hall–Kier alpha value is -1.75. The second-order valence-corrected chi connectivity index (χ2v) is 5.58. The highest BCUT2D eigenvalue weighted by molar-refractivity contribution is 7.10. The summed E-state index contributed by atoms with van der Waals surface area (Å²) in [5.41, 5.74) is 0. The smallest absolute Gasteiger partial charge is 0.318 e. The first-order valence-corrected chi connectivity index (χ1v) is 7.33. The molecule has 1 atom stereocenters. The minimum atomic E-state index is -0.00713. The van der Waals surface area contributed by atoms with E-state index in [4.69, 9.17) is 4.42 Å². The number of nitrogens with zero attached hydrogens (tertiary/aromatic N) is 1. The van der Waals surface area contributed by atoms with Gasteiger partial charge in [-0.25, -0.2) is 4.79 Å². The number of hydrogen-bond acceptors (Lipinski definition) is 3. The molecule has 3 heterocycles. The van der Waals surface area contributed by atoms with E-state index in [1.54, 1.807) is 17.6 Å². The monoisotopic (exact) mass is 276 g/mol. The highest BCUT2D eigenvalue weighted by Gasteiger charge is 2.30. The van der Waals surface area contributed by atoms with Crippen LogP contribution in [0.5, 0.6) is 0 Å². The fourth-order valence-electron chi connectivity index (χ4n) is 2.46. The molecule has 1 saturated heterocycles. The third-order valence-corrected chi connectivity index (χ3v) is 4.35. The summed E-state index contributed by atoms with van der Waals surface area (Å²) in [6.45, 7) is 1.27. The first-order valence-electron chi connectivity index (χ1n) is 6.45. The molecule has 1 aliphatic heterocycles. The molecule has 100 valence electrons. The molecule has 5 heteroatoms. The quantitative estimate of drug-likeness (QED) is 0.934. The van der Waals surface area contributed by atoms with Gasteiger partial charge in [-0.2, -0.15) is 0 Å². The zero-order valence-corrected chi connectivity index (χ0v) is 11.4. The van der Waals surface area contributed by atoms with Crippen molar-refractivity contribution in [3.8, 4) is 0 Å². The van der Waals surface area contributed by atoms with Crippen LogP contribution in [0.1, 0.15) is 29.5 Å². The number of amides is 2. The summed E-state index contributed by atoms with van der Waals surface area (Å²) in [5, 5.41) is 4.98. The van der Waals surface area contributed by atoms with Crippen LogP contribution in [-0.2, 0) is 6.54 Å². The molecule has 4 nitrogen and oxygen atoms in total. The number of rotatable bonds is 3. The first kappa shape index (κ1) is 12.3. The number of thiophene rings is 1. The van der Waals surface area contributed by atoms with Gasteiger partial charge in [-0.1, -0.05) is 6.07 Å². The second kappa shape index (κ2) is 5.48. The molecule has 2 aromatic rings. The minimum absolute atomic E-state index is 0.00713. The Morgan fingerprint density at radius 3 is 3.16 bits per heavy atom. The van der Waals surface area contributed by atoms with E-state index in [1.165, 1.54) is 4.88 Å². The van der Waals surface area contributed by atoms with Gasteiger partial charge in [0.05, 0.1) is 18.8 Å². The van der Waals surface area contributed by atoms with Crippen molar-refractivity contribution in [3.63, 3.8) is 0 Å². The van der Waals surface area contributed by atoms with Crippen LogP contribution in [-0.4, -0.2) is 17.5 Å². The summed E-state index contributed by atoms with van der Waals surface area (Å²) in [5.74, 6) is 0.778. The lowest BCUT2D eigenvalue weighted by molar-refractivity contribution is 0.192. The normalized spacial score (nSPS) is 18.7. The molecular weight excluding hydrogens is 260 g/mol. The fraction of sp³-hybridized carbons (Fsp3) is 0.357.